The maximum atomic E-state index is 12.0. The second-order valence-corrected chi connectivity index (χ2v) is 6.54. The smallest absolute Gasteiger partial charge is 0.410 e. The Morgan fingerprint density at radius 1 is 1.41 bits per heavy atom. The van der Waals surface area contributed by atoms with Crippen LogP contribution in [0.5, 0.6) is 0 Å². The minimum absolute atomic E-state index is 0.359. The molecule has 0 atom stereocenters. The van der Waals surface area contributed by atoms with Gasteiger partial charge < -0.3 is 14.7 Å². The van der Waals surface area contributed by atoms with Gasteiger partial charge in [0.05, 0.1) is 11.3 Å². The molecule has 1 aromatic heterocycles. The van der Waals surface area contributed by atoms with Crippen molar-refractivity contribution in [3.63, 3.8) is 0 Å². The highest BCUT2D eigenvalue weighted by atomic mass is 16.6. The first kappa shape index (κ1) is 16.2. The summed E-state index contributed by atoms with van der Waals surface area (Å²) < 4.78 is 5.34. The van der Waals surface area contributed by atoms with Crippen LogP contribution in [0.15, 0.2) is 18.3 Å². The molecule has 0 spiro atoms. The van der Waals surface area contributed by atoms with Gasteiger partial charge in [-0.25, -0.2) is 4.79 Å². The molecule has 1 saturated heterocycles. The zero-order valence-corrected chi connectivity index (χ0v) is 13.2. The van der Waals surface area contributed by atoms with E-state index in [4.69, 9.17) is 10.00 Å². The number of likely N-dealkylation sites (tertiary alicyclic amines) is 1. The minimum Gasteiger partial charge on any atom is -0.444 e. The predicted molar refractivity (Wildman–Crippen MR) is 79.9 cm³/mol. The Hall–Kier alpha value is -2.13. The van der Waals surface area contributed by atoms with Gasteiger partial charge in [0.2, 0.25) is 0 Å². The molecule has 118 valence electrons. The van der Waals surface area contributed by atoms with Crippen molar-refractivity contribution in [2.75, 3.05) is 13.1 Å². The molecule has 0 radical (unpaired) electrons. The van der Waals surface area contributed by atoms with Crippen LogP contribution in [0, 0.1) is 11.3 Å². The minimum atomic E-state index is -1.06. The van der Waals surface area contributed by atoms with Crippen LogP contribution in [0.25, 0.3) is 0 Å². The van der Waals surface area contributed by atoms with Crippen molar-refractivity contribution in [2.45, 2.75) is 44.8 Å². The van der Waals surface area contributed by atoms with Gasteiger partial charge in [-0.3, -0.25) is 4.98 Å². The molecular weight excluding hydrogens is 282 g/mol. The predicted octanol–water partition coefficient (Wildman–Crippen LogP) is 2.17. The van der Waals surface area contributed by atoms with Gasteiger partial charge in [0, 0.05) is 19.3 Å². The fourth-order valence-corrected chi connectivity index (χ4v) is 2.38. The third kappa shape index (κ3) is 3.74. The highest BCUT2D eigenvalue weighted by Crippen LogP contribution is 2.32. The molecule has 2 rings (SSSR count). The summed E-state index contributed by atoms with van der Waals surface area (Å²) in [6.07, 6.45) is 1.88. The summed E-state index contributed by atoms with van der Waals surface area (Å²) in [6.45, 7) is 6.30. The van der Waals surface area contributed by atoms with Crippen LogP contribution in [0.3, 0.4) is 0 Å². The second kappa shape index (κ2) is 5.93. The highest BCUT2D eigenvalue weighted by Gasteiger charge is 2.37. The van der Waals surface area contributed by atoms with Crippen molar-refractivity contribution in [2.24, 2.45) is 0 Å². The van der Waals surface area contributed by atoms with Crippen LogP contribution in [-0.4, -0.2) is 39.8 Å². The summed E-state index contributed by atoms with van der Waals surface area (Å²) in [7, 11) is 0. The number of nitrogens with zero attached hydrogens (tertiary/aromatic N) is 3. The zero-order chi connectivity index (χ0) is 16.4. The number of carbonyl (C=O) groups is 1. The SMILES string of the molecule is CC(C)(C)OC(=O)N1CCC(O)(c2ccc(C#N)cn2)CC1. The van der Waals surface area contributed by atoms with E-state index in [2.05, 4.69) is 4.98 Å². The molecule has 0 aromatic carbocycles. The molecule has 1 amide bonds. The standard InChI is InChI=1S/C16H21N3O3/c1-15(2,3)22-14(20)19-8-6-16(21,7-9-19)13-5-4-12(10-17)11-18-13/h4-5,11,21H,6-9H2,1-3H3. The Morgan fingerprint density at radius 3 is 2.50 bits per heavy atom. The van der Waals surface area contributed by atoms with E-state index in [-0.39, 0.29) is 6.09 Å². The first-order valence-electron chi connectivity index (χ1n) is 7.30. The number of pyridine rings is 1. The number of nitriles is 1. The lowest BCUT2D eigenvalue weighted by Crippen LogP contribution is -2.47. The summed E-state index contributed by atoms with van der Waals surface area (Å²) in [4.78, 5) is 17.8. The number of hydrogen-bond acceptors (Lipinski definition) is 5. The molecule has 1 aliphatic heterocycles. The summed E-state index contributed by atoms with van der Waals surface area (Å²) in [5, 5.41) is 19.5. The lowest BCUT2D eigenvalue weighted by atomic mass is 9.88. The molecule has 0 saturated carbocycles. The number of ether oxygens (including phenoxy) is 1. The van der Waals surface area contributed by atoms with Gasteiger partial charge in [0.25, 0.3) is 0 Å². The first-order chi connectivity index (χ1) is 10.2. The van der Waals surface area contributed by atoms with E-state index in [0.717, 1.165) is 0 Å². The third-order valence-corrected chi connectivity index (χ3v) is 3.61. The van der Waals surface area contributed by atoms with Crippen molar-refractivity contribution >= 4 is 6.09 Å². The Kier molecular flexibility index (Phi) is 4.38. The maximum Gasteiger partial charge on any atom is 0.410 e. The zero-order valence-electron chi connectivity index (χ0n) is 13.2. The number of carbonyl (C=O) groups excluding carboxylic acids is 1. The maximum absolute atomic E-state index is 12.0. The highest BCUT2D eigenvalue weighted by molar-refractivity contribution is 5.68. The van der Waals surface area contributed by atoms with Gasteiger partial charge in [-0.05, 0) is 45.7 Å². The van der Waals surface area contributed by atoms with Crippen LogP contribution in [0.2, 0.25) is 0 Å². The number of aliphatic hydroxyl groups is 1. The van der Waals surface area contributed by atoms with E-state index in [1.54, 1.807) is 17.0 Å². The summed E-state index contributed by atoms with van der Waals surface area (Å²) in [5.41, 5.74) is -0.597. The van der Waals surface area contributed by atoms with Gasteiger partial charge in [0.15, 0.2) is 0 Å². The number of rotatable bonds is 1. The summed E-state index contributed by atoms with van der Waals surface area (Å²) in [6, 6.07) is 5.31. The lowest BCUT2D eigenvalue weighted by Gasteiger charge is -2.38. The first-order valence-corrected chi connectivity index (χ1v) is 7.30. The summed E-state index contributed by atoms with van der Waals surface area (Å²) >= 11 is 0. The van der Waals surface area contributed by atoms with Crippen molar-refractivity contribution < 1.29 is 14.6 Å². The Morgan fingerprint density at radius 2 is 2.05 bits per heavy atom. The molecule has 1 N–H and O–H groups in total. The van der Waals surface area contributed by atoms with E-state index in [9.17, 15) is 9.90 Å². The van der Waals surface area contributed by atoms with Gasteiger partial charge in [0.1, 0.15) is 17.3 Å². The van der Waals surface area contributed by atoms with Crippen molar-refractivity contribution in [3.05, 3.63) is 29.6 Å². The fraction of sp³-hybridized carbons (Fsp3) is 0.562. The lowest BCUT2D eigenvalue weighted by molar-refractivity contribution is -0.0381. The molecule has 0 aliphatic carbocycles. The van der Waals surface area contributed by atoms with Crippen LogP contribution >= 0.6 is 0 Å². The number of hydrogen-bond donors (Lipinski definition) is 1. The Balaban J connectivity index is 2.01. The van der Waals surface area contributed by atoms with E-state index in [1.807, 2.05) is 26.8 Å². The number of piperidine rings is 1. The third-order valence-electron chi connectivity index (χ3n) is 3.61. The molecule has 2 heterocycles. The Labute approximate surface area is 130 Å². The average molecular weight is 303 g/mol. The largest absolute Gasteiger partial charge is 0.444 e. The van der Waals surface area contributed by atoms with Gasteiger partial charge in [-0.15, -0.1) is 0 Å². The molecule has 0 unspecified atom stereocenters. The Bertz CT molecular complexity index is 576. The second-order valence-electron chi connectivity index (χ2n) is 6.54. The number of amides is 1. The van der Waals surface area contributed by atoms with Crippen molar-refractivity contribution in [1.82, 2.24) is 9.88 Å². The molecule has 1 aromatic rings. The van der Waals surface area contributed by atoms with E-state index in [0.29, 0.717) is 37.2 Å². The fourth-order valence-electron chi connectivity index (χ4n) is 2.38. The van der Waals surface area contributed by atoms with Gasteiger partial charge >= 0.3 is 6.09 Å². The normalized spacial score (nSPS) is 17.7. The van der Waals surface area contributed by atoms with E-state index < -0.39 is 11.2 Å². The van der Waals surface area contributed by atoms with Gasteiger partial charge in [-0.2, -0.15) is 5.26 Å². The van der Waals surface area contributed by atoms with E-state index in [1.165, 1.54) is 6.20 Å². The molecule has 22 heavy (non-hydrogen) atoms. The van der Waals surface area contributed by atoms with Crippen LogP contribution in [-0.2, 0) is 10.3 Å². The van der Waals surface area contributed by atoms with Crippen LogP contribution < -0.4 is 0 Å². The van der Waals surface area contributed by atoms with Crippen molar-refractivity contribution in [1.29, 1.82) is 5.26 Å². The molecular formula is C16H21N3O3. The van der Waals surface area contributed by atoms with Crippen molar-refractivity contribution in [3.8, 4) is 6.07 Å². The average Bonchev–Trinajstić information content (AvgIpc) is 2.46. The monoisotopic (exact) mass is 303 g/mol. The van der Waals surface area contributed by atoms with Crippen LogP contribution in [0.4, 0.5) is 4.79 Å². The molecule has 6 nitrogen and oxygen atoms in total. The molecule has 1 fully saturated rings. The quantitative estimate of drug-likeness (QED) is 0.859. The topological polar surface area (TPSA) is 86.5 Å². The summed E-state index contributed by atoms with van der Waals surface area (Å²) in [5.74, 6) is 0. The van der Waals surface area contributed by atoms with E-state index >= 15 is 0 Å². The van der Waals surface area contributed by atoms with Crippen LogP contribution in [0.1, 0.15) is 44.9 Å². The van der Waals surface area contributed by atoms with Gasteiger partial charge in [-0.1, -0.05) is 0 Å². The molecule has 1 aliphatic rings. The molecule has 0 bridgehead atoms. The number of aromatic nitrogens is 1. The molecule has 6 heteroatoms.